The summed E-state index contributed by atoms with van der Waals surface area (Å²) < 4.78 is 21.0. The van der Waals surface area contributed by atoms with E-state index >= 15 is 0 Å². The molecule has 0 radical (unpaired) electrons. The predicted octanol–water partition coefficient (Wildman–Crippen LogP) is 9.46. The number of hydrogen-bond acceptors (Lipinski definition) is 3. The maximum absolute atomic E-state index is 14.3. The number of benzene rings is 3. The number of H-pyrrole nitrogens is 1. The molecule has 2 fully saturated rings. The maximum atomic E-state index is 14.3. The summed E-state index contributed by atoms with van der Waals surface area (Å²) in [7, 11) is 0. The number of halogens is 1. The van der Waals surface area contributed by atoms with E-state index in [9.17, 15) is 14.3 Å². The number of rotatable bonds is 7. The van der Waals surface area contributed by atoms with Crippen molar-refractivity contribution in [1.82, 2.24) is 4.98 Å². The first-order valence-corrected chi connectivity index (χ1v) is 17.3. The van der Waals surface area contributed by atoms with Crippen molar-refractivity contribution in [2.24, 2.45) is 17.3 Å². The number of ether oxygens (including phenoxy) is 1. The fourth-order valence-corrected chi connectivity index (χ4v) is 9.93. The Bertz CT molecular complexity index is 1760. The Labute approximate surface area is 265 Å². The Morgan fingerprint density at radius 1 is 0.978 bits per heavy atom. The zero-order valence-electron chi connectivity index (χ0n) is 26.3. The minimum atomic E-state index is -0.362. The molecule has 2 N–H and O–H groups in total. The van der Waals surface area contributed by atoms with Gasteiger partial charge in [-0.25, -0.2) is 4.39 Å². The van der Waals surface area contributed by atoms with Gasteiger partial charge >= 0.3 is 0 Å². The summed E-state index contributed by atoms with van der Waals surface area (Å²) in [5, 5.41) is 10.9. The lowest BCUT2D eigenvalue weighted by atomic mass is 9.55. The molecule has 0 spiro atoms. The van der Waals surface area contributed by atoms with Crippen LogP contribution in [-0.4, -0.2) is 28.6 Å². The number of aromatic hydroxyl groups is 1. The average molecular weight is 606 g/mol. The van der Waals surface area contributed by atoms with Crippen molar-refractivity contribution in [2.45, 2.75) is 96.0 Å². The van der Waals surface area contributed by atoms with Gasteiger partial charge in [0.25, 0.3) is 0 Å². The van der Waals surface area contributed by atoms with Crippen LogP contribution in [0.15, 0.2) is 54.6 Å². The number of phenols is 1. The molecule has 4 aliphatic carbocycles. The van der Waals surface area contributed by atoms with Crippen LogP contribution in [0.4, 0.5) is 4.39 Å². The van der Waals surface area contributed by atoms with Crippen LogP contribution < -0.4 is 0 Å². The largest absolute Gasteiger partial charge is 0.508 e. The van der Waals surface area contributed by atoms with E-state index in [4.69, 9.17) is 4.74 Å². The quantitative estimate of drug-likeness (QED) is 0.206. The van der Waals surface area contributed by atoms with Crippen molar-refractivity contribution < 1.29 is 19.0 Å². The first-order chi connectivity index (χ1) is 21.9. The highest BCUT2D eigenvalue weighted by Gasteiger charge is 2.55. The topological polar surface area (TPSA) is 62.3 Å². The maximum Gasteiger partial charge on any atom is 0.163 e. The highest BCUT2D eigenvalue weighted by molar-refractivity contribution is 6.11. The number of ketones is 1. The molecule has 5 heteroatoms. The first kappa shape index (κ1) is 29.0. The van der Waals surface area contributed by atoms with Crippen LogP contribution in [0.3, 0.4) is 0 Å². The van der Waals surface area contributed by atoms with Crippen molar-refractivity contribution in [3.05, 3.63) is 88.2 Å². The summed E-state index contributed by atoms with van der Waals surface area (Å²) in [5.74, 6) is 2.21. The number of Topliss-reactive ketones (excluding diaryl/α,β-unsaturated/α-hetero) is 1. The van der Waals surface area contributed by atoms with Crippen LogP contribution in [0.1, 0.15) is 103 Å². The molecule has 5 atom stereocenters. The van der Waals surface area contributed by atoms with E-state index in [1.54, 1.807) is 0 Å². The first-order valence-electron chi connectivity index (χ1n) is 17.3. The Morgan fingerprint density at radius 3 is 2.71 bits per heavy atom. The summed E-state index contributed by atoms with van der Waals surface area (Å²) in [6.45, 7) is 3.34. The molecule has 1 heterocycles. The minimum Gasteiger partial charge on any atom is -0.508 e. The smallest absolute Gasteiger partial charge is 0.163 e. The molecule has 0 saturated heterocycles. The van der Waals surface area contributed by atoms with Gasteiger partial charge < -0.3 is 14.8 Å². The van der Waals surface area contributed by atoms with Gasteiger partial charge in [0.15, 0.2) is 5.78 Å². The van der Waals surface area contributed by atoms with Crippen LogP contribution in [0.5, 0.6) is 5.75 Å². The lowest BCUT2D eigenvalue weighted by Gasteiger charge is -2.50. The summed E-state index contributed by atoms with van der Waals surface area (Å²) in [6.07, 6.45) is 12.9. The number of fused-ring (bicyclic) bond motifs is 5. The molecule has 4 aliphatic rings. The fourth-order valence-electron chi connectivity index (χ4n) is 9.93. The number of carbonyl (C=O) groups excluding carboxylic acids is 1. The number of aryl methyl sites for hydroxylation is 3. The van der Waals surface area contributed by atoms with Gasteiger partial charge in [-0.1, -0.05) is 37.3 Å². The molecule has 2 saturated carbocycles. The SMILES string of the molecule is C[C@]12CC[C@@H]3c4ccc(O)cc4CC[C@H]3[C@@H]1CC[C@@H]2OCCCCc1ccc(-c2[nH]c3cc(F)cc4c3c2CCCC4=O)cc1. The molecule has 0 unspecified atom stereocenters. The number of hydrogen-bond donors (Lipinski definition) is 2. The fraction of sp³-hybridized carbons (Fsp3) is 0.475. The van der Waals surface area contributed by atoms with E-state index in [0.717, 1.165) is 84.7 Å². The minimum absolute atomic E-state index is 0.0373. The Hall–Kier alpha value is -3.44. The van der Waals surface area contributed by atoms with E-state index in [1.165, 1.54) is 60.9 Å². The second kappa shape index (κ2) is 11.4. The van der Waals surface area contributed by atoms with E-state index in [2.05, 4.69) is 42.2 Å². The highest BCUT2D eigenvalue weighted by Crippen LogP contribution is 2.61. The van der Waals surface area contributed by atoms with E-state index in [0.29, 0.717) is 29.8 Å². The monoisotopic (exact) mass is 605 g/mol. The van der Waals surface area contributed by atoms with Gasteiger partial charge in [-0.2, -0.15) is 0 Å². The summed E-state index contributed by atoms with van der Waals surface area (Å²) >= 11 is 0. The summed E-state index contributed by atoms with van der Waals surface area (Å²) in [5.41, 5.74) is 8.95. The number of nitrogens with one attached hydrogen (secondary N) is 1. The lowest BCUT2D eigenvalue weighted by Crippen LogP contribution is -2.44. The second-order valence-corrected chi connectivity index (χ2v) is 14.6. The third kappa shape index (κ3) is 5.02. The molecular formula is C40H44FNO3. The van der Waals surface area contributed by atoms with Gasteiger partial charge in [0, 0.05) is 35.2 Å². The van der Waals surface area contributed by atoms with Crippen molar-refractivity contribution in [1.29, 1.82) is 0 Å². The van der Waals surface area contributed by atoms with Crippen molar-refractivity contribution in [2.75, 3.05) is 6.61 Å². The zero-order chi connectivity index (χ0) is 30.7. The molecular weight excluding hydrogens is 561 g/mol. The molecule has 45 heavy (non-hydrogen) atoms. The number of unbranched alkanes of at least 4 members (excludes halogenated alkanes) is 1. The number of aromatic amines is 1. The molecule has 4 nitrogen and oxygen atoms in total. The third-order valence-corrected chi connectivity index (χ3v) is 12.1. The normalized spacial score (nSPS) is 27.2. The number of phenolic OH excluding ortho intramolecular Hbond substituents is 1. The summed E-state index contributed by atoms with van der Waals surface area (Å²) in [6, 6.07) is 17.7. The van der Waals surface area contributed by atoms with E-state index < -0.39 is 0 Å². The lowest BCUT2D eigenvalue weighted by molar-refractivity contribution is -0.0646. The van der Waals surface area contributed by atoms with Crippen LogP contribution in [0, 0.1) is 23.1 Å². The molecule has 0 amide bonds. The molecule has 1 aromatic heterocycles. The third-order valence-electron chi connectivity index (χ3n) is 12.1. The standard InChI is InChI=1S/C40H44FNO3/c1-40-19-18-30-29-15-13-28(43)21-26(29)12-14-31(30)34(40)16-17-37(40)45-20-3-2-5-24-8-10-25(11-9-24)39-32-6-4-7-36(44)33-22-27(41)23-35(42-39)38(32)33/h8-11,13,15,21-23,30-31,34,37,42-43H,2-7,12,14,16-20H2,1H3/t30-,31-,34+,37+,40+/m1/s1. The van der Waals surface area contributed by atoms with Crippen LogP contribution in [0.25, 0.3) is 22.2 Å². The Balaban J connectivity index is 0.865. The predicted molar refractivity (Wildman–Crippen MR) is 176 cm³/mol. The summed E-state index contributed by atoms with van der Waals surface area (Å²) in [4.78, 5) is 16.1. The molecule has 0 aliphatic heterocycles. The van der Waals surface area contributed by atoms with Gasteiger partial charge in [0.05, 0.1) is 6.10 Å². The average Bonchev–Trinajstić information content (AvgIpc) is 3.51. The van der Waals surface area contributed by atoms with Crippen LogP contribution >= 0.6 is 0 Å². The molecule has 234 valence electrons. The number of carbonyl (C=O) groups is 1. The van der Waals surface area contributed by atoms with Gasteiger partial charge in [-0.05, 0) is 146 Å². The van der Waals surface area contributed by atoms with Gasteiger partial charge in [0.2, 0.25) is 0 Å². The molecule has 8 rings (SSSR count). The zero-order valence-corrected chi connectivity index (χ0v) is 26.3. The van der Waals surface area contributed by atoms with Gasteiger partial charge in [0.1, 0.15) is 11.6 Å². The molecule has 4 aromatic rings. The van der Waals surface area contributed by atoms with Crippen molar-refractivity contribution in [3.63, 3.8) is 0 Å². The molecule has 0 bridgehead atoms. The number of aromatic nitrogens is 1. The van der Waals surface area contributed by atoms with E-state index in [-0.39, 0.29) is 17.0 Å². The van der Waals surface area contributed by atoms with Crippen molar-refractivity contribution >= 4 is 16.7 Å². The van der Waals surface area contributed by atoms with Crippen LogP contribution in [-0.2, 0) is 24.0 Å². The van der Waals surface area contributed by atoms with Crippen molar-refractivity contribution in [3.8, 4) is 17.0 Å². The van der Waals surface area contributed by atoms with Gasteiger partial charge in [-0.3, -0.25) is 4.79 Å². The molecule has 3 aromatic carbocycles. The van der Waals surface area contributed by atoms with E-state index in [1.807, 2.05) is 12.1 Å². The highest BCUT2D eigenvalue weighted by atomic mass is 19.1. The van der Waals surface area contributed by atoms with Gasteiger partial charge in [-0.15, -0.1) is 0 Å². The van der Waals surface area contributed by atoms with Crippen LogP contribution in [0.2, 0.25) is 0 Å². The Morgan fingerprint density at radius 2 is 1.84 bits per heavy atom. The second-order valence-electron chi connectivity index (χ2n) is 14.6. The Kier molecular flexibility index (Phi) is 7.36.